The highest BCUT2D eigenvalue weighted by atomic mass is 16.1. The summed E-state index contributed by atoms with van der Waals surface area (Å²) in [6.07, 6.45) is 5.71. The Balaban J connectivity index is 1.69. The van der Waals surface area contributed by atoms with Crippen LogP contribution in [0.1, 0.15) is 48.9 Å². The standard InChI is InChI=1S/C16H22N2O/c1-11(18-15-9-16(19)17-10-15)13-7-6-12-4-2-3-5-14(12)8-13/h6-8,11,15,18H,2-5,9-10H2,1H3,(H,17,19). The third kappa shape index (κ3) is 2.81. The quantitative estimate of drug-likeness (QED) is 0.872. The maximum Gasteiger partial charge on any atom is 0.221 e. The molecule has 1 heterocycles. The number of carbonyl (C=O) groups excluding carboxylic acids is 1. The zero-order valence-corrected chi connectivity index (χ0v) is 11.5. The van der Waals surface area contributed by atoms with Crippen molar-refractivity contribution in [3.05, 3.63) is 34.9 Å². The lowest BCUT2D eigenvalue weighted by Crippen LogP contribution is -2.33. The minimum Gasteiger partial charge on any atom is -0.354 e. The third-order valence-electron chi connectivity index (χ3n) is 4.34. The second-order valence-corrected chi connectivity index (χ2v) is 5.83. The van der Waals surface area contributed by atoms with Crippen LogP contribution in [0.25, 0.3) is 0 Å². The molecule has 102 valence electrons. The number of rotatable bonds is 3. The molecule has 0 saturated carbocycles. The summed E-state index contributed by atoms with van der Waals surface area (Å²) in [6.45, 7) is 2.95. The van der Waals surface area contributed by atoms with E-state index in [1.165, 1.54) is 42.4 Å². The van der Waals surface area contributed by atoms with Crippen LogP contribution in [-0.2, 0) is 17.6 Å². The lowest BCUT2D eigenvalue weighted by atomic mass is 9.89. The van der Waals surface area contributed by atoms with Gasteiger partial charge in [0, 0.05) is 25.0 Å². The van der Waals surface area contributed by atoms with Crippen molar-refractivity contribution in [2.75, 3.05) is 6.54 Å². The van der Waals surface area contributed by atoms with Gasteiger partial charge in [0.25, 0.3) is 0 Å². The molecule has 0 aromatic heterocycles. The minimum atomic E-state index is 0.162. The maximum absolute atomic E-state index is 11.2. The van der Waals surface area contributed by atoms with E-state index in [9.17, 15) is 4.79 Å². The molecule has 2 unspecified atom stereocenters. The van der Waals surface area contributed by atoms with E-state index in [0.29, 0.717) is 12.5 Å². The summed E-state index contributed by atoms with van der Waals surface area (Å²) >= 11 is 0. The first-order chi connectivity index (χ1) is 9.22. The van der Waals surface area contributed by atoms with Crippen LogP contribution in [0.15, 0.2) is 18.2 Å². The molecule has 1 aromatic carbocycles. The molecule has 1 aliphatic heterocycles. The topological polar surface area (TPSA) is 41.1 Å². The van der Waals surface area contributed by atoms with Gasteiger partial charge in [-0.2, -0.15) is 0 Å². The number of aryl methyl sites for hydroxylation is 2. The van der Waals surface area contributed by atoms with Gasteiger partial charge in [-0.25, -0.2) is 0 Å². The highest BCUT2D eigenvalue weighted by molar-refractivity contribution is 5.78. The van der Waals surface area contributed by atoms with Gasteiger partial charge in [0.15, 0.2) is 0 Å². The van der Waals surface area contributed by atoms with Crippen molar-refractivity contribution < 1.29 is 4.79 Å². The Hall–Kier alpha value is -1.35. The number of nitrogens with one attached hydrogen (secondary N) is 2. The fraction of sp³-hybridized carbons (Fsp3) is 0.562. The van der Waals surface area contributed by atoms with Crippen molar-refractivity contribution in [1.29, 1.82) is 0 Å². The Labute approximate surface area is 114 Å². The van der Waals surface area contributed by atoms with Gasteiger partial charge in [0.1, 0.15) is 0 Å². The fourth-order valence-electron chi connectivity index (χ4n) is 3.20. The number of hydrogen-bond acceptors (Lipinski definition) is 2. The van der Waals surface area contributed by atoms with Crippen LogP contribution in [0.4, 0.5) is 0 Å². The highest BCUT2D eigenvalue weighted by Gasteiger charge is 2.23. The van der Waals surface area contributed by atoms with Gasteiger partial charge >= 0.3 is 0 Å². The van der Waals surface area contributed by atoms with E-state index in [1.54, 1.807) is 0 Å². The Morgan fingerprint density at radius 1 is 1.26 bits per heavy atom. The van der Waals surface area contributed by atoms with Crippen molar-refractivity contribution in [2.45, 2.75) is 51.1 Å². The second kappa shape index (κ2) is 5.33. The molecule has 0 radical (unpaired) electrons. The molecule has 1 saturated heterocycles. The van der Waals surface area contributed by atoms with Crippen LogP contribution in [0.5, 0.6) is 0 Å². The van der Waals surface area contributed by atoms with Gasteiger partial charge in [-0.3, -0.25) is 4.79 Å². The van der Waals surface area contributed by atoms with E-state index in [-0.39, 0.29) is 11.9 Å². The number of benzene rings is 1. The van der Waals surface area contributed by atoms with Crippen molar-refractivity contribution in [2.24, 2.45) is 0 Å². The van der Waals surface area contributed by atoms with Gasteiger partial charge in [0.2, 0.25) is 5.91 Å². The zero-order chi connectivity index (χ0) is 13.2. The highest BCUT2D eigenvalue weighted by Crippen LogP contribution is 2.25. The van der Waals surface area contributed by atoms with E-state index in [0.717, 1.165) is 6.54 Å². The van der Waals surface area contributed by atoms with Crippen molar-refractivity contribution in [3.63, 3.8) is 0 Å². The van der Waals surface area contributed by atoms with Crippen LogP contribution in [0, 0.1) is 0 Å². The largest absolute Gasteiger partial charge is 0.354 e. The summed E-state index contributed by atoms with van der Waals surface area (Å²) in [5.74, 6) is 0.162. The number of hydrogen-bond donors (Lipinski definition) is 2. The lowest BCUT2D eigenvalue weighted by Gasteiger charge is -2.22. The lowest BCUT2D eigenvalue weighted by molar-refractivity contribution is -0.119. The van der Waals surface area contributed by atoms with E-state index < -0.39 is 0 Å². The van der Waals surface area contributed by atoms with Crippen LogP contribution < -0.4 is 10.6 Å². The molecule has 3 rings (SSSR count). The molecule has 0 spiro atoms. The van der Waals surface area contributed by atoms with Crippen LogP contribution in [-0.4, -0.2) is 18.5 Å². The molecule has 2 aliphatic rings. The van der Waals surface area contributed by atoms with E-state index in [2.05, 4.69) is 35.8 Å². The van der Waals surface area contributed by atoms with Crippen LogP contribution in [0.2, 0.25) is 0 Å². The first kappa shape index (κ1) is 12.7. The Kier molecular flexibility index (Phi) is 3.56. The first-order valence-electron chi connectivity index (χ1n) is 7.37. The second-order valence-electron chi connectivity index (χ2n) is 5.83. The number of carbonyl (C=O) groups is 1. The molecule has 1 aromatic rings. The third-order valence-corrected chi connectivity index (χ3v) is 4.34. The summed E-state index contributed by atoms with van der Waals surface area (Å²) < 4.78 is 0. The molecule has 3 heteroatoms. The van der Waals surface area contributed by atoms with E-state index in [4.69, 9.17) is 0 Å². The molecular weight excluding hydrogens is 236 g/mol. The van der Waals surface area contributed by atoms with Crippen LogP contribution in [0.3, 0.4) is 0 Å². The zero-order valence-electron chi connectivity index (χ0n) is 11.5. The summed E-state index contributed by atoms with van der Waals surface area (Å²) in [6, 6.07) is 7.48. The molecule has 2 N–H and O–H groups in total. The minimum absolute atomic E-state index is 0.162. The summed E-state index contributed by atoms with van der Waals surface area (Å²) in [7, 11) is 0. The van der Waals surface area contributed by atoms with E-state index in [1.807, 2.05) is 0 Å². The smallest absolute Gasteiger partial charge is 0.221 e. The molecule has 1 amide bonds. The van der Waals surface area contributed by atoms with Gasteiger partial charge in [0.05, 0.1) is 0 Å². The average Bonchev–Trinajstić information content (AvgIpc) is 2.83. The van der Waals surface area contributed by atoms with Crippen LogP contribution >= 0.6 is 0 Å². The average molecular weight is 258 g/mol. The summed E-state index contributed by atoms with van der Waals surface area (Å²) in [5, 5.41) is 6.42. The van der Waals surface area contributed by atoms with Gasteiger partial charge < -0.3 is 10.6 Å². The fourth-order valence-corrected chi connectivity index (χ4v) is 3.20. The molecule has 19 heavy (non-hydrogen) atoms. The molecule has 2 atom stereocenters. The number of fused-ring (bicyclic) bond motifs is 1. The van der Waals surface area contributed by atoms with Gasteiger partial charge in [-0.05, 0) is 49.3 Å². The predicted molar refractivity (Wildman–Crippen MR) is 76.0 cm³/mol. The Morgan fingerprint density at radius 3 is 2.79 bits per heavy atom. The molecule has 1 fully saturated rings. The summed E-state index contributed by atoms with van der Waals surface area (Å²) in [4.78, 5) is 11.2. The monoisotopic (exact) mass is 258 g/mol. The van der Waals surface area contributed by atoms with Crippen molar-refractivity contribution in [3.8, 4) is 0 Å². The first-order valence-corrected chi connectivity index (χ1v) is 7.37. The Morgan fingerprint density at radius 2 is 2.05 bits per heavy atom. The van der Waals surface area contributed by atoms with Gasteiger partial charge in [-0.1, -0.05) is 18.2 Å². The molecular formula is C16H22N2O. The SMILES string of the molecule is CC(NC1CNC(=O)C1)c1ccc2c(c1)CCCC2. The van der Waals surface area contributed by atoms with Crippen molar-refractivity contribution >= 4 is 5.91 Å². The Bertz CT molecular complexity index is 484. The molecule has 3 nitrogen and oxygen atoms in total. The number of amides is 1. The van der Waals surface area contributed by atoms with E-state index >= 15 is 0 Å². The maximum atomic E-state index is 11.2. The van der Waals surface area contributed by atoms with Gasteiger partial charge in [-0.15, -0.1) is 0 Å². The van der Waals surface area contributed by atoms with Crippen molar-refractivity contribution in [1.82, 2.24) is 10.6 Å². The molecule has 1 aliphatic carbocycles. The molecule has 0 bridgehead atoms. The summed E-state index contributed by atoms with van der Waals surface area (Å²) in [5.41, 5.74) is 4.40. The normalized spacial score (nSPS) is 23.8. The predicted octanol–water partition coefficient (Wildman–Crippen LogP) is 2.10.